The number of halogens is 2. The highest BCUT2D eigenvalue weighted by Gasteiger charge is 2.31. The summed E-state index contributed by atoms with van der Waals surface area (Å²) < 4.78 is 46.4. The van der Waals surface area contributed by atoms with E-state index in [9.17, 15) is 18.1 Å². The number of nitrogens with one attached hydrogen (secondary N) is 1. The first-order chi connectivity index (χ1) is 13.7. The molecule has 1 atom stereocenters. The van der Waals surface area contributed by atoms with Crippen LogP contribution in [0.15, 0.2) is 58.4 Å². The average Bonchev–Trinajstić information content (AvgIpc) is 2.70. The van der Waals surface area contributed by atoms with Crippen molar-refractivity contribution in [2.75, 3.05) is 11.8 Å². The van der Waals surface area contributed by atoms with Crippen molar-refractivity contribution in [1.29, 1.82) is 5.26 Å². The van der Waals surface area contributed by atoms with Crippen LogP contribution in [0.2, 0.25) is 0 Å². The summed E-state index contributed by atoms with van der Waals surface area (Å²) in [6.07, 6.45) is 2.23. The predicted octanol–water partition coefficient (Wildman–Crippen LogP) is 4.55. The Hall–Kier alpha value is -2.89. The Morgan fingerprint density at radius 2 is 1.97 bits per heavy atom. The lowest BCUT2D eigenvalue weighted by atomic mass is 9.87. The van der Waals surface area contributed by atoms with Crippen LogP contribution in [0.3, 0.4) is 0 Å². The lowest BCUT2D eigenvalue weighted by Gasteiger charge is -2.22. The maximum atomic E-state index is 14.0. The molecule has 0 bridgehead atoms. The highest BCUT2D eigenvalue weighted by Crippen LogP contribution is 2.34. The van der Waals surface area contributed by atoms with Gasteiger partial charge in [0.25, 0.3) is 10.0 Å². The number of nitriles is 1. The number of methoxy groups -OCH3 is 1. The molecule has 0 radical (unpaired) electrons. The van der Waals surface area contributed by atoms with Crippen LogP contribution in [0.1, 0.15) is 18.9 Å². The molecule has 1 aliphatic heterocycles. The van der Waals surface area contributed by atoms with Crippen molar-refractivity contribution in [1.82, 2.24) is 0 Å². The number of aliphatic imine (C=N–C) groups is 1. The molecule has 0 saturated heterocycles. The predicted molar refractivity (Wildman–Crippen MR) is 110 cm³/mol. The van der Waals surface area contributed by atoms with Crippen LogP contribution in [-0.4, -0.2) is 20.7 Å². The molecule has 0 spiro atoms. The number of nitrogens with zero attached hydrogens (tertiary/aromatic N) is 2. The molecular formula is C20H17ClFN3O3S. The number of sulfonamides is 1. The normalized spacial score (nSPS) is 19.0. The summed E-state index contributed by atoms with van der Waals surface area (Å²) in [6, 6.07) is 12.0. The van der Waals surface area contributed by atoms with Crippen LogP contribution >= 0.6 is 11.6 Å². The van der Waals surface area contributed by atoms with Crippen molar-refractivity contribution in [2.24, 2.45) is 10.4 Å². The minimum Gasteiger partial charge on any atom is -0.497 e. The zero-order valence-electron chi connectivity index (χ0n) is 15.6. The first kappa shape index (κ1) is 20.8. The zero-order chi connectivity index (χ0) is 21.2. The third-order valence-electron chi connectivity index (χ3n) is 4.49. The van der Waals surface area contributed by atoms with Gasteiger partial charge in [0.05, 0.1) is 18.9 Å². The highest BCUT2D eigenvalue weighted by atomic mass is 35.5. The monoisotopic (exact) mass is 433 g/mol. The van der Waals surface area contributed by atoms with E-state index in [1.807, 2.05) is 0 Å². The van der Waals surface area contributed by atoms with Gasteiger partial charge < -0.3 is 4.74 Å². The van der Waals surface area contributed by atoms with Gasteiger partial charge in [-0.2, -0.15) is 5.26 Å². The Morgan fingerprint density at radius 1 is 1.28 bits per heavy atom. The summed E-state index contributed by atoms with van der Waals surface area (Å²) in [5, 5.41) is 9.43. The van der Waals surface area contributed by atoms with Crippen LogP contribution in [-0.2, 0) is 10.0 Å². The number of benzene rings is 2. The average molecular weight is 434 g/mol. The second-order valence-corrected chi connectivity index (χ2v) is 8.63. The largest absolute Gasteiger partial charge is 0.497 e. The number of ether oxygens (including phenoxy) is 1. The maximum Gasteiger partial charge on any atom is 0.264 e. The second kappa shape index (κ2) is 7.85. The molecule has 1 unspecified atom stereocenters. The third kappa shape index (κ3) is 4.26. The molecule has 2 aromatic carbocycles. The van der Waals surface area contributed by atoms with Crippen molar-refractivity contribution in [3.63, 3.8) is 0 Å². The summed E-state index contributed by atoms with van der Waals surface area (Å²) in [5.41, 5.74) is 0.709. The quantitative estimate of drug-likeness (QED) is 0.748. The third-order valence-corrected chi connectivity index (χ3v) is 6.38. The van der Waals surface area contributed by atoms with E-state index in [1.54, 1.807) is 25.1 Å². The van der Waals surface area contributed by atoms with Crippen molar-refractivity contribution >= 4 is 38.2 Å². The van der Waals surface area contributed by atoms with Crippen LogP contribution < -0.4 is 9.46 Å². The molecular weight excluding hydrogens is 417 g/mol. The Bertz CT molecular complexity index is 1150. The molecule has 6 nitrogen and oxygen atoms in total. The van der Waals surface area contributed by atoms with E-state index < -0.39 is 26.2 Å². The Morgan fingerprint density at radius 3 is 2.55 bits per heavy atom. The topological polar surface area (TPSA) is 91.5 Å². The number of allylic oxidation sites excluding steroid dienone is 1. The maximum absolute atomic E-state index is 14.0. The fourth-order valence-corrected chi connectivity index (χ4v) is 4.03. The van der Waals surface area contributed by atoms with Crippen molar-refractivity contribution in [2.45, 2.75) is 18.2 Å². The summed E-state index contributed by atoms with van der Waals surface area (Å²) in [7, 11) is -2.78. The molecule has 29 heavy (non-hydrogen) atoms. The standard InChI is InChI=1S/C20H17ClFN3O3S/c1-20(12-23)10-9-17(24-19(20)21)13-3-5-14(6-4-13)25-29(26,27)18-11-15(28-2)7-8-16(18)22/h3-9,11,25H,10H2,1-2H3. The van der Waals surface area contributed by atoms with Gasteiger partial charge in [-0.15, -0.1) is 0 Å². The van der Waals surface area contributed by atoms with Gasteiger partial charge in [-0.3, -0.25) is 4.72 Å². The van der Waals surface area contributed by atoms with Gasteiger partial charge >= 0.3 is 0 Å². The lowest BCUT2D eigenvalue weighted by molar-refractivity contribution is 0.411. The molecule has 0 amide bonds. The van der Waals surface area contributed by atoms with Crippen molar-refractivity contribution in [3.8, 4) is 11.8 Å². The molecule has 0 saturated carbocycles. The van der Waals surface area contributed by atoms with E-state index in [-0.39, 0.29) is 16.6 Å². The minimum atomic E-state index is -4.15. The molecule has 3 rings (SSSR count). The van der Waals surface area contributed by atoms with Gasteiger partial charge in [0.1, 0.15) is 27.0 Å². The Kier molecular flexibility index (Phi) is 5.64. The van der Waals surface area contributed by atoms with Crippen LogP contribution in [0, 0.1) is 22.6 Å². The van der Waals surface area contributed by atoms with E-state index in [2.05, 4.69) is 15.8 Å². The molecule has 9 heteroatoms. The molecule has 0 fully saturated rings. The lowest BCUT2D eigenvalue weighted by Crippen LogP contribution is -2.23. The molecule has 0 aliphatic carbocycles. The molecule has 1 heterocycles. The van der Waals surface area contributed by atoms with Gasteiger partial charge in [-0.05, 0) is 43.2 Å². The van der Waals surface area contributed by atoms with E-state index in [1.165, 1.54) is 25.3 Å². The minimum absolute atomic E-state index is 0.204. The van der Waals surface area contributed by atoms with Crippen molar-refractivity contribution < 1.29 is 17.5 Å². The van der Waals surface area contributed by atoms with Gasteiger partial charge in [0.15, 0.2) is 0 Å². The van der Waals surface area contributed by atoms with E-state index >= 15 is 0 Å². The second-order valence-electron chi connectivity index (χ2n) is 6.62. The van der Waals surface area contributed by atoms with Gasteiger partial charge in [0.2, 0.25) is 0 Å². The Balaban J connectivity index is 1.83. The number of hydrogen-bond donors (Lipinski definition) is 1. The molecule has 2 aromatic rings. The number of rotatable bonds is 5. The summed E-state index contributed by atoms with van der Waals surface area (Å²) in [6.45, 7) is 1.71. The first-order valence-electron chi connectivity index (χ1n) is 8.51. The molecule has 1 aliphatic rings. The summed E-state index contributed by atoms with van der Waals surface area (Å²) >= 11 is 6.14. The van der Waals surface area contributed by atoms with Crippen LogP contribution in [0.5, 0.6) is 5.75 Å². The summed E-state index contributed by atoms with van der Waals surface area (Å²) in [5.74, 6) is -0.655. The van der Waals surface area contributed by atoms with Gasteiger partial charge in [-0.1, -0.05) is 29.8 Å². The number of anilines is 1. The fraction of sp³-hybridized carbons (Fsp3) is 0.200. The first-order valence-corrected chi connectivity index (χ1v) is 10.4. The van der Waals surface area contributed by atoms with E-state index in [4.69, 9.17) is 16.3 Å². The van der Waals surface area contributed by atoms with E-state index in [0.29, 0.717) is 17.7 Å². The van der Waals surface area contributed by atoms with Gasteiger partial charge in [-0.25, -0.2) is 17.8 Å². The van der Waals surface area contributed by atoms with Gasteiger partial charge in [0, 0.05) is 11.8 Å². The molecule has 0 aromatic heterocycles. The van der Waals surface area contributed by atoms with Crippen LogP contribution in [0.25, 0.3) is 5.70 Å². The zero-order valence-corrected chi connectivity index (χ0v) is 17.2. The van der Waals surface area contributed by atoms with E-state index in [0.717, 1.165) is 12.1 Å². The van der Waals surface area contributed by atoms with Crippen molar-refractivity contribution in [3.05, 3.63) is 59.9 Å². The molecule has 1 N–H and O–H groups in total. The molecule has 150 valence electrons. The number of hydrogen-bond acceptors (Lipinski definition) is 5. The SMILES string of the molecule is COc1ccc(F)c(S(=O)(=O)Nc2ccc(C3=CCC(C)(C#N)C(Cl)=N3)cc2)c1. The Labute approximate surface area is 173 Å². The fourth-order valence-electron chi connectivity index (χ4n) is 2.67. The summed E-state index contributed by atoms with van der Waals surface area (Å²) in [4.78, 5) is 3.77. The highest BCUT2D eigenvalue weighted by molar-refractivity contribution is 7.92. The van der Waals surface area contributed by atoms with Crippen LogP contribution in [0.4, 0.5) is 10.1 Å². The smallest absolute Gasteiger partial charge is 0.264 e.